The molecule has 1 amide bonds. The van der Waals surface area contributed by atoms with Crippen molar-refractivity contribution in [2.24, 2.45) is 0 Å². The van der Waals surface area contributed by atoms with Crippen LogP contribution in [0.5, 0.6) is 0 Å². The van der Waals surface area contributed by atoms with Gasteiger partial charge in [0.15, 0.2) is 0 Å². The summed E-state index contributed by atoms with van der Waals surface area (Å²) >= 11 is 0. The molecule has 3 N–H and O–H groups in total. The van der Waals surface area contributed by atoms with E-state index < -0.39 is 5.91 Å². The van der Waals surface area contributed by atoms with Crippen LogP contribution in [0.15, 0.2) is 66.9 Å². The Labute approximate surface area is 180 Å². The summed E-state index contributed by atoms with van der Waals surface area (Å²) in [5, 5.41) is 18.8. The summed E-state index contributed by atoms with van der Waals surface area (Å²) in [6, 6.07) is 19.7. The van der Waals surface area contributed by atoms with Gasteiger partial charge < -0.3 is 5.11 Å². The molecule has 4 rings (SSSR count). The number of nitrogens with one attached hydrogen (secondary N) is 1. The fraction of sp³-hybridized carbons (Fsp3) is 0.160. The van der Waals surface area contributed by atoms with Crippen LogP contribution in [-0.4, -0.2) is 32.8 Å². The number of pyridine rings is 2. The number of hydroxylamine groups is 1. The van der Waals surface area contributed by atoms with Gasteiger partial charge in [0.1, 0.15) is 0 Å². The highest BCUT2D eigenvalue weighted by Gasteiger charge is 2.16. The maximum Gasteiger partial charge on any atom is 0.275 e. The van der Waals surface area contributed by atoms with Crippen molar-refractivity contribution in [2.75, 3.05) is 6.61 Å². The molecule has 0 saturated carbocycles. The lowest BCUT2D eigenvalue weighted by molar-refractivity contribution is 0.0708. The van der Waals surface area contributed by atoms with Crippen LogP contribution in [0.3, 0.4) is 0 Å². The molecule has 0 radical (unpaired) electrons. The van der Waals surface area contributed by atoms with E-state index in [0.717, 1.165) is 29.5 Å². The molecule has 2 aromatic heterocycles. The molecular weight excluding hydrogens is 390 g/mol. The van der Waals surface area contributed by atoms with E-state index in [0.29, 0.717) is 27.9 Å². The Hall–Kier alpha value is -3.61. The number of aryl methyl sites for hydroxylation is 2. The summed E-state index contributed by atoms with van der Waals surface area (Å²) in [6.07, 6.45) is 3.28. The molecule has 0 saturated heterocycles. The van der Waals surface area contributed by atoms with Crippen molar-refractivity contribution >= 4 is 16.8 Å². The van der Waals surface area contributed by atoms with Gasteiger partial charge in [0.25, 0.3) is 5.91 Å². The summed E-state index contributed by atoms with van der Waals surface area (Å²) in [5.41, 5.74) is 8.26. The van der Waals surface area contributed by atoms with Crippen molar-refractivity contribution in [3.8, 4) is 22.4 Å². The first kappa shape index (κ1) is 20.7. The molecule has 31 heavy (non-hydrogen) atoms. The molecule has 156 valence electrons. The molecule has 4 aromatic rings. The summed E-state index contributed by atoms with van der Waals surface area (Å²) < 4.78 is 0. The van der Waals surface area contributed by atoms with E-state index in [1.54, 1.807) is 23.8 Å². The first-order valence-electron chi connectivity index (χ1n) is 10.1. The van der Waals surface area contributed by atoms with Gasteiger partial charge in [-0.15, -0.1) is 0 Å². The molecular formula is C25H23N3O3. The third kappa shape index (κ3) is 4.30. The average molecular weight is 413 g/mol. The smallest absolute Gasteiger partial charge is 0.275 e. The van der Waals surface area contributed by atoms with E-state index in [4.69, 9.17) is 10.1 Å². The van der Waals surface area contributed by atoms with Crippen LogP contribution < -0.4 is 5.48 Å². The largest absolute Gasteiger partial charge is 0.396 e. The van der Waals surface area contributed by atoms with Crippen molar-refractivity contribution in [2.45, 2.75) is 19.8 Å². The Morgan fingerprint density at radius 3 is 2.26 bits per heavy atom. The van der Waals surface area contributed by atoms with E-state index >= 15 is 0 Å². The fourth-order valence-corrected chi connectivity index (χ4v) is 3.72. The molecule has 6 nitrogen and oxygen atoms in total. The van der Waals surface area contributed by atoms with E-state index in [-0.39, 0.29) is 6.61 Å². The lowest BCUT2D eigenvalue weighted by Crippen LogP contribution is -2.19. The van der Waals surface area contributed by atoms with Crippen LogP contribution in [-0.2, 0) is 6.42 Å². The molecule has 0 atom stereocenters. The van der Waals surface area contributed by atoms with Crippen LogP contribution in [0.4, 0.5) is 0 Å². The highest BCUT2D eigenvalue weighted by Crippen LogP contribution is 2.28. The summed E-state index contributed by atoms with van der Waals surface area (Å²) in [6.45, 7) is 2.01. The molecule has 6 heteroatoms. The van der Waals surface area contributed by atoms with Gasteiger partial charge in [-0.3, -0.25) is 15.0 Å². The van der Waals surface area contributed by atoms with E-state index in [1.807, 2.05) is 31.2 Å². The summed E-state index contributed by atoms with van der Waals surface area (Å²) in [7, 11) is 0. The number of benzene rings is 2. The maximum atomic E-state index is 12.3. The average Bonchev–Trinajstić information content (AvgIpc) is 2.82. The van der Waals surface area contributed by atoms with Gasteiger partial charge in [0.05, 0.1) is 16.8 Å². The molecule has 0 bridgehead atoms. The zero-order valence-corrected chi connectivity index (χ0v) is 17.2. The van der Waals surface area contributed by atoms with Gasteiger partial charge in [-0.1, -0.05) is 48.5 Å². The van der Waals surface area contributed by atoms with E-state index in [1.165, 1.54) is 5.56 Å². The number of amides is 1. The van der Waals surface area contributed by atoms with Crippen molar-refractivity contribution in [1.29, 1.82) is 0 Å². The number of aliphatic hydroxyl groups is 1. The molecule has 0 aliphatic heterocycles. The third-order valence-corrected chi connectivity index (χ3v) is 5.35. The highest BCUT2D eigenvalue weighted by atomic mass is 16.5. The minimum Gasteiger partial charge on any atom is -0.396 e. The number of carbonyl (C=O) groups is 1. The van der Waals surface area contributed by atoms with Crippen LogP contribution in [0.25, 0.3) is 33.3 Å². The molecule has 0 unspecified atom stereocenters. The van der Waals surface area contributed by atoms with Gasteiger partial charge in [-0.2, -0.15) is 0 Å². The van der Waals surface area contributed by atoms with Crippen molar-refractivity contribution in [3.63, 3.8) is 0 Å². The standard InChI is InChI=1S/C25H23N3O3/c1-16-24-21(25(30)28-31)15-23(27-22(24)12-13-26-16)20-10-8-19(9-11-20)18-6-4-17(5-7-18)3-2-14-29/h4-13,15,29,31H,2-3,14H2,1H3,(H,28,30). The second kappa shape index (κ2) is 9.04. The van der Waals surface area contributed by atoms with Gasteiger partial charge in [-0.25, -0.2) is 10.5 Å². The predicted octanol–water partition coefficient (Wildman–Crippen LogP) is 4.32. The number of carbonyl (C=O) groups excluding carboxylic acids is 1. The van der Waals surface area contributed by atoms with Crippen LogP contribution in [0, 0.1) is 6.92 Å². The fourth-order valence-electron chi connectivity index (χ4n) is 3.72. The SMILES string of the molecule is Cc1nccc2nc(-c3ccc(-c4ccc(CCCO)cc4)cc3)cc(C(=O)NO)c12. The van der Waals surface area contributed by atoms with Gasteiger partial charge in [-0.05, 0) is 48.6 Å². The second-order valence-corrected chi connectivity index (χ2v) is 7.39. The monoisotopic (exact) mass is 413 g/mol. The number of aromatic nitrogens is 2. The number of nitrogens with zero attached hydrogens (tertiary/aromatic N) is 2. The van der Waals surface area contributed by atoms with Crippen LogP contribution in [0.2, 0.25) is 0 Å². The molecule has 0 spiro atoms. The Bertz CT molecular complexity index is 1220. The number of aliphatic hydroxyl groups excluding tert-OH is 1. The first-order chi connectivity index (χ1) is 15.1. The zero-order valence-electron chi connectivity index (χ0n) is 17.2. The normalized spacial score (nSPS) is 10.9. The Morgan fingerprint density at radius 1 is 0.968 bits per heavy atom. The lowest BCUT2D eigenvalue weighted by atomic mass is 9.99. The Morgan fingerprint density at radius 2 is 1.61 bits per heavy atom. The Balaban J connectivity index is 1.68. The van der Waals surface area contributed by atoms with Gasteiger partial charge >= 0.3 is 0 Å². The predicted molar refractivity (Wildman–Crippen MR) is 120 cm³/mol. The van der Waals surface area contributed by atoms with Crippen molar-refractivity contribution < 1.29 is 15.1 Å². The quantitative estimate of drug-likeness (QED) is 0.323. The first-order valence-corrected chi connectivity index (χ1v) is 10.1. The Kier molecular flexibility index (Phi) is 6.02. The molecule has 0 aliphatic rings. The summed E-state index contributed by atoms with van der Waals surface area (Å²) in [4.78, 5) is 21.2. The van der Waals surface area contributed by atoms with Gasteiger partial charge in [0, 0.05) is 29.4 Å². The lowest BCUT2D eigenvalue weighted by Gasteiger charge is -2.11. The van der Waals surface area contributed by atoms with Crippen molar-refractivity contribution in [1.82, 2.24) is 15.4 Å². The maximum absolute atomic E-state index is 12.3. The van der Waals surface area contributed by atoms with Gasteiger partial charge in [0.2, 0.25) is 0 Å². The van der Waals surface area contributed by atoms with Crippen LogP contribution >= 0.6 is 0 Å². The minimum absolute atomic E-state index is 0.198. The topological polar surface area (TPSA) is 95.3 Å². The van der Waals surface area contributed by atoms with Crippen molar-refractivity contribution in [3.05, 3.63) is 83.7 Å². The van der Waals surface area contributed by atoms with E-state index in [9.17, 15) is 10.0 Å². The molecule has 0 fully saturated rings. The number of rotatable bonds is 6. The highest BCUT2D eigenvalue weighted by molar-refractivity contribution is 6.07. The van der Waals surface area contributed by atoms with E-state index in [2.05, 4.69) is 29.2 Å². The number of fused-ring (bicyclic) bond motifs is 1. The second-order valence-electron chi connectivity index (χ2n) is 7.39. The summed E-state index contributed by atoms with van der Waals surface area (Å²) in [5.74, 6) is -0.595. The molecule has 0 aliphatic carbocycles. The van der Waals surface area contributed by atoms with Crippen LogP contribution in [0.1, 0.15) is 28.0 Å². The molecule has 2 heterocycles. The molecule has 2 aromatic carbocycles. The number of hydrogen-bond acceptors (Lipinski definition) is 5. The minimum atomic E-state index is -0.595. The third-order valence-electron chi connectivity index (χ3n) is 5.35. The number of hydrogen-bond donors (Lipinski definition) is 3. The zero-order chi connectivity index (χ0) is 21.8.